The van der Waals surface area contributed by atoms with E-state index in [2.05, 4.69) is 6.92 Å². The molecule has 0 aliphatic heterocycles. The molecule has 0 bridgehead atoms. The molecular weight excluding hydrogens is 126 g/mol. The van der Waals surface area contributed by atoms with Gasteiger partial charge in [-0.3, -0.25) is 0 Å². The fraction of sp³-hybridized carbons (Fsp3) is 1.00. The van der Waals surface area contributed by atoms with Gasteiger partial charge in [0.1, 0.15) is 0 Å². The zero-order valence-electron chi connectivity index (χ0n) is 6.68. The molecule has 1 aliphatic rings. The summed E-state index contributed by atoms with van der Waals surface area (Å²) in [7, 11) is 0. The van der Waals surface area contributed by atoms with Gasteiger partial charge >= 0.3 is 0 Å². The molecule has 0 aromatic carbocycles. The van der Waals surface area contributed by atoms with Crippen LogP contribution in [0.3, 0.4) is 0 Å². The Balaban J connectivity index is 2.13. The number of ether oxygens (including phenoxy) is 1. The van der Waals surface area contributed by atoms with E-state index >= 15 is 0 Å². The van der Waals surface area contributed by atoms with Crippen molar-refractivity contribution in [2.45, 2.75) is 44.8 Å². The zero-order chi connectivity index (χ0) is 7.40. The highest BCUT2D eigenvalue weighted by molar-refractivity contribution is 4.74. The van der Waals surface area contributed by atoms with Gasteiger partial charge in [0, 0.05) is 12.6 Å². The SMILES string of the molecule is CCOC1CCC(N)CC1. The van der Waals surface area contributed by atoms with Gasteiger partial charge in [-0.25, -0.2) is 0 Å². The lowest BCUT2D eigenvalue weighted by Crippen LogP contribution is -2.30. The molecule has 1 saturated carbocycles. The van der Waals surface area contributed by atoms with E-state index < -0.39 is 0 Å². The fourth-order valence-electron chi connectivity index (χ4n) is 1.49. The molecule has 0 saturated heterocycles. The molecule has 60 valence electrons. The third kappa shape index (κ3) is 2.27. The smallest absolute Gasteiger partial charge is 0.0576 e. The van der Waals surface area contributed by atoms with E-state index in [1.54, 1.807) is 0 Å². The Kier molecular flexibility index (Phi) is 3.16. The van der Waals surface area contributed by atoms with Crippen LogP contribution in [-0.4, -0.2) is 18.8 Å². The Morgan fingerprint density at radius 3 is 2.40 bits per heavy atom. The van der Waals surface area contributed by atoms with Crippen LogP contribution in [0, 0.1) is 0 Å². The van der Waals surface area contributed by atoms with Crippen LogP contribution in [0.4, 0.5) is 0 Å². The van der Waals surface area contributed by atoms with E-state index in [-0.39, 0.29) is 0 Å². The maximum absolute atomic E-state index is 5.74. The van der Waals surface area contributed by atoms with Crippen molar-refractivity contribution >= 4 is 0 Å². The second-order valence-corrected chi connectivity index (χ2v) is 2.99. The summed E-state index contributed by atoms with van der Waals surface area (Å²) in [6, 6.07) is 0.441. The molecule has 1 aliphatic carbocycles. The molecule has 0 amide bonds. The van der Waals surface area contributed by atoms with Crippen molar-refractivity contribution < 1.29 is 4.74 Å². The second kappa shape index (κ2) is 3.94. The minimum atomic E-state index is 0.441. The van der Waals surface area contributed by atoms with E-state index in [1.807, 2.05) is 0 Å². The molecule has 0 radical (unpaired) electrons. The van der Waals surface area contributed by atoms with Gasteiger partial charge in [-0.1, -0.05) is 0 Å². The summed E-state index contributed by atoms with van der Waals surface area (Å²) in [6.07, 6.45) is 5.11. The monoisotopic (exact) mass is 143 g/mol. The molecule has 2 heteroatoms. The van der Waals surface area contributed by atoms with E-state index in [4.69, 9.17) is 10.5 Å². The Hall–Kier alpha value is -0.0800. The van der Waals surface area contributed by atoms with Crippen molar-refractivity contribution in [2.75, 3.05) is 6.61 Å². The van der Waals surface area contributed by atoms with Crippen LogP contribution < -0.4 is 5.73 Å². The summed E-state index contributed by atoms with van der Waals surface area (Å²) in [6.45, 7) is 2.90. The predicted molar refractivity (Wildman–Crippen MR) is 41.9 cm³/mol. The molecule has 1 rings (SSSR count). The minimum Gasteiger partial charge on any atom is -0.379 e. The van der Waals surface area contributed by atoms with Crippen molar-refractivity contribution in [1.29, 1.82) is 0 Å². The molecule has 10 heavy (non-hydrogen) atoms. The Bertz CT molecular complexity index is 87.3. The van der Waals surface area contributed by atoms with Gasteiger partial charge in [0.25, 0.3) is 0 Å². The van der Waals surface area contributed by atoms with Gasteiger partial charge in [-0.2, -0.15) is 0 Å². The molecule has 1 fully saturated rings. The van der Waals surface area contributed by atoms with Gasteiger partial charge in [0.05, 0.1) is 6.10 Å². The maximum atomic E-state index is 5.74. The molecule has 2 nitrogen and oxygen atoms in total. The van der Waals surface area contributed by atoms with E-state index in [1.165, 1.54) is 0 Å². The summed E-state index contributed by atoms with van der Waals surface area (Å²) in [5.41, 5.74) is 5.74. The van der Waals surface area contributed by atoms with Crippen LogP contribution in [0.25, 0.3) is 0 Å². The highest BCUT2D eigenvalue weighted by atomic mass is 16.5. The molecule has 0 heterocycles. The standard InChI is InChI=1S/C8H17NO/c1-2-10-8-5-3-7(9)4-6-8/h7-8H,2-6,9H2,1H3. The van der Waals surface area contributed by atoms with E-state index in [0.29, 0.717) is 12.1 Å². The summed E-state index contributed by atoms with van der Waals surface area (Å²) in [5, 5.41) is 0. The summed E-state index contributed by atoms with van der Waals surface area (Å²) < 4.78 is 5.48. The molecule has 0 spiro atoms. The van der Waals surface area contributed by atoms with Crippen molar-refractivity contribution in [3.8, 4) is 0 Å². The predicted octanol–water partition coefficient (Wildman–Crippen LogP) is 1.29. The highest BCUT2D eigenvalue weighted by Crippen LogP contribution is 2.19. The van der Waals surface area contributed by atoms with Gasteiger partial charge in [0.15, 0.2) is 0 Å². The lowest BCUT2D eigenvalue weighted by molar-refractivity contribution is 0.0333. The lowest BCUT2D eigenvalue weighted by Gasteiger charge is -2.25. The Morgan fingerprint density at radius 1 is 1.30 bits per heavy atom. The van der Waals surface area contributed by atoms with Crippen molar-refractivity contribution in [3.05, 3.63) is 0 Å². The lowest BCUT2D eigenvalue weighted by atomic mass is 9.94. The third-order valence-corrected chi connectivity index (χ3v) is 2.12. The van der Waals surface area contributed by atoms with Gasteiger partial charge < -0.3 is 10.5 Å². The number of hydrogen-bond acceptors (Lipinski definition) is 2. The number of rotatable bonds is 2. The first kappa shape index (κ1) is 8.02. The summed E-state index contributed by atoms with van der Waals surface area (Å²) >= 11 is 0. The largest absolute Gasteiger partial charge is 0.379 e. The third-order valence-electron chi connectivity index (χ3n) is 2.12. The Labute approximate surface area is 62.7 Å². The fourth-order valence-corrected chi connectivity index (χ4v) is 1.49. The van der Waals surface area contributed by atoms with E-state index in [9.17, 15) is 0 Å². The summed E-state index contributed by atoms with van der Waals surface area (Å²) in [4.78, 5) is 0. The summed E-state index contributed by atoms with van der Waals surface area (Å²) in [5.74, 6) is 0. The quantitative estimate of drug-likeness (QED) is 0.632. The van der Waals surface area contributed by atoms with Gasteiger partial charge in [0.2, 0.25) is 0 Å². The molecule has 0 unspecified atom stereocenters. The van der Waals surface area contributed by atoms with Crippen LogP contribution in [0.15, 0.2) is 0 Å². The van der Waals surface area contributed by atoms with Gasteiger partial charge in [-0.15, -0.1) is 0 Å². The highest BCUT2D eigenvalue weighted by Gasteiger charge is 2.17. The van der Waals surface area contributed by atoms with Crippen LogP contribution >= 0.6 is 0 Å². The van der Waals surface area contributed by atoms with Gasteiger partial charge in [-0.05, 0) is 32.6 Å². The van der Waals surface area contributed by atoms with Crippen LogP contribution in [0.2, 0.25) is 0 Å². The normalized spacial score (nSPS) is 34.2. The second-order valence-electron chi connectivity index (χ2n) is 2.99. The molecule has 0 aromatic heterocycles. The first-order valence-electron chi connectivity index (χ1n) is 4.20. The van der Waals surface area contributed by atoms with Crippen LogP contribution in [0.1, 0.15) is 32.6 Å². The number of hydrogen-bond donors (Lipinski definition) is 1. The molecule has 0 atom stereocenters. The molecular formula is C8H17NO. The Morgan fingerprint density at radius 2 is 1.90 bits per heavy atom. The van der Waals surface area contributed by atoms with Crippen LogP contribution in [0.5, 0.6) is 0 Å². The van der Waals surface area contributed by atoms with Crippen molar-refractivity contribution in [1.82, 2.24) is 0 Å². The average molecular weight is 143 g/mol. The topological polar surface area (TPSA) is 35.2 Å². The van der Waals surface area contributed by atoms with Crippen LogP contribution in [-0.2, 0) is 4.74 Å². The minimum absolute atomic E-state index is 0.441. The maximum Gasteiger partial charge on any atom is 0.0576 e. The first-order chi connectivity index (χ1) is 4.83. The first-order valence-corrected chi connectivity index (χ1v) is 4.20. The van der Waals surface area contributed by atoms with E-state index in [0.717, 1.165) is 32.3 Å². The molecule has 2 N–H and O–H groups in total. The number of nitrogens with two attached hydrogens (primary N) is 1. The van der Waals surface area contributed by atoms with Crippen molar-refractivity contribution in [2.24, 2.45) is 5.73 Å². The van der Waals surface area contributed by atoms with Crippen molar-refractivity contribution in [3.63, 3.8) is 0 Å². The molecule has 0 aromatic rings. The zero-order valence-corrected chi connectivity index (χ0v) is 6.68. The average Bonchev–Trinajstić information content (AvgIpc) is 1.95.